The molecule has 138 valence electrons. The largest absolute Gasteiger partial charge is 0.393 e. The second-order valence-electron chi connectivity index (χ2n) is 7.24. The lowest BCUT2D eigenvalue weighted by molar-refractivity contribution is -0.140. The molecule has 0 bridgehead atoms. The smallest absolute Gasteiger partial charge is 0.261 e. The molecule has 0 spiro atoms. The first-order chi connectivity index (χ1) is 12.5. The third kappa shape index (κ3) is 2.71. The van der Waals surface area contributed by atoms with E-state index >= 15 is 0 Å². The maximum atomic E-state index is 12.9. The summed E-state index contributed by atoms with van der Waals surface area (Å²) in [7, 11) is 1.68. The van der Waals surface area contributed by atoms with Gasteiger partial charge in [-0.25, -0.2) is 4.98 Å². The zero-order chi connectivity index (χ0) is 18.3. The van der Waals surface area contributed by atoms with Crippen molar-refractivity contribution in [2.75, 3.05) is 13.7 Å². The molecule has 4 rings (SSSR count). The number of carbonyl (C=O) groups is 1. The standard InChI is InChI=1S/C19H23N3O4/c1-26-19-7-6-13(23)10-16(19)22(9-8-19)17(24)11-21-12-20-15-5-3-2-4-14(15)18(21)25/h2-5,12-13,16,23H,6-11H2,1H3. The Morgan fingerprint density at radius 2 is 2.19 bits per heavy atom. The van der Waals surface area contributed by atoms with Crippen molar-refractivity contribution in [2.45, 2.75) is 50.0 Å². The van der Waals surface area contributed by atoms with Crippen LogP contribution in [0.4, 0.5) is 0 Å². The summed E-state index contributed by atoms with van der Waals surface area (Å²) < 4.78 is 7.14. The van der Waals surface area contributed by atoms with Crippen LogP contribution in [0.1, 0.15) is 25.7 Å². The van der Waals surface area contributed by atoms with E-state index in [-0.39, 0.29) is 29.7 Å². The molecular formula is C19H23N3O4. The molecule has 0 radical (unpaired) electrons. The van der Waals surface area contributed by atoms with Gasteiger partial charge in [-0.2, -0.15) is 0 Å². The van der Waals surface area contributed by atoms with Gasteiger partial charge >= 0.3 is 0 Å². The van der Waals surface area contributed by atoms with Gasteiger partial charge in [-0.1, -0.05) is 12.1 Å². The number of aliphatic hydroxyl groups excluding tert-OH is 1. The lowest BCUT2D eigenvalue weighted by atomic mass is 9.79. The molecule has 2 aromatic rings. The van der Waals surface area contributed by atoms with E-state index < -0.39 is 6.10 Å². The molecule has 2 heterocycles. The molecule has 3 atom stereocenters. The monoisotopic (exact) mass is 357 g/mol. The van der Waals surface area contributed by atoms with E-state index in [1.54, 1.807) is 30.2 Å². The summed E-state index contributed by atoms with van der Waals surface area (Å²) in [5.74, 6) is -0.137. The van der Waals surface area contributed by atoms with E-state index in [4.69, 9.17) is 4.74 Å². The SMILES string of the molecule is COC12CCC(O)CC1N(C(=O)Cn1cnc3ccccc3c1=O)CC2. The average molecular weight is 357 g/mol. The average Bonchev–Trinajstić information content (AvgIpc) is 3.03. The molecule has 2 fully saturated rings. The van der Waals surface area contributed by atoms with Crippen molar-refractivity contribution in [3.63, 3.8) is 0 Å². The maximum Gasteiger partial charge on any atom is 0.261 e. The lowest BCUT2D eigenvalue weighted by Gasteiger charge is -2.42. The molecule has 2 aliphatic rings. The van der Waals surface area contributed by atoms with Crippen LogP contribution in [0.5, 0.6) is 0 Å². The van der Waals surface area contributed by atoms with Gasteiger partial charge < -0.3 is 14.7 Å². The van der Waals surface area contributed by atoms with E-state index in [2.05, 4.69) is 4.98 Å². The van der Waals surface area contributed by atoms with Gasteiger partial charge in [-0.3, -0.25) is 14.2 Å². The molecule has 1 amide bonds. The van der Waals surface area contributed by atoms with Crippen LogP contribution >= 0.6 is 0 Å². The van der Waals surface area contributed by atoms with E-state index in [0.717, 1.165) is 12.8 Å². The molecule has 7 nitrogen and oxygen atoms in total. The third-order valence-corrected chi connectivity index (χ3v) is 5.92. The van der Waals surface area contributed by atoms with Gasteiger partial charge in [0.05, 0.1) is 35.0 Å². The summed E-state index contributed by atoms with van der Waals surface area (Å²) in [5.41, 5.74) is 0.0302. The summed E-state index contributed by atoms with van der Waals surface area (Å²) in [6.07, 6.45) is 3.73. The van der Waals surface area contributed by atoms with E-state index in [1.807, 2.05) is 6.07 Å². The number of likely N-dealkylation sites (tertiary alicyclic amines) is 1. The van der Waals surface area contributed by atoms with Gasteiger partial charge in [-0.15, -0.1) is 0 Å². The topological polar surface area (TPSA) is 84.7 Å². The first-order valence-electron chi connectivity index (χ1n) is 9.01. The maximum absolute atomic E-state index is 12.9. The Morgan fingerprint density at radius 1 is 1.38 bits per heavy atom. The normalized spacial score (nSPS) is 28.3. The van der Waals surface area contributed by atoms with Crippen LogP contribution in [0, 0.1) is 0 Å². The van der Waals surface area contributed by atoms with Crippen LogP contribution in [-0.4, -0.2) is 56.9 Å². The number of aromatic nitrogens is 2. The fraction of sp³-hybridized carbons (Fsp3) is 0.526. The zero-order valence-corrected chi connectivity index (χ0v) is 14.8. The summed E-state index contributed by atoms with van der Waals surface area (Å²) >= 11 is 0. The van der Waals surface area contributed by atoms with Crippen LogP contribution in [0.2, 0.25) is 0 Å². The molecule has 1 N–H and O–H groups in total. The Morgan fingerprint density at radius 3 is 3.00 bits per heavy atom. The minimum atomic E-state index is -0.415. The molecule has 26 heavy (non-hydrogen) atoms. The number of fused-ring (bicyclic) bond motifs is 2. The summed E-state index contributed by atoms with van der Waals surface area (Å²) in [5, 5.41) is 10.6. The molecular weight excluding hydrogens is 334 g/mol. The Labute approximate surface area is 151 Å². The van der Waals surface area contributed by atoms with Crippen molar-refractivity contribution < 1.29 is 14.6 Å². The molecule has 7 heteroatoms. The number of rotatable bonds is 3. The summed E-state index contributed by atoms with van der Waals surface area (Å²) in [4.78, 5) is 31.6. The van der Waals surface area contributed by atoms with Crippen molar-refractivity contribution in [2.24, 2.45) is 0 Å². The van der Waals surface area contributed by atoms with Gasteiger partial charge in [0.15, 0.2) is 0 Å². The zero-order valence-electron chi connectivity index (χ0n) is 14.8. The number of methoxy groups -OCH3 is 1. The van der Waals surface area contributed by atoms with Gasteiger partial charge in [0.25, 0.3) is 5.56 Å². The first-order valence-corrected chi connectivity index (χ1v) is 9.01. The highest BCUT2D eigenvalue weighted by Gasteiger charge is 2.52. The first kappa shape index (κ1) is 17.2. The Hall–Kier alpha value is -2.25. The van der Waals surface area contributed by atoms with E-state index in [1.165, 1.54) is 10.9 Å². The highest BCUT2D eigenvalue weighted by molar-refractivity contribution is 5.79. The summed E-state index contributed by atoms with van der Waals surface area (Å²) in [6.45, 7) is 0.531. The molecule has 1 aliphatic carbocycles. The summed E-state index contributed by atoms with van der Waals surface area (Å²) in [6, 6.07) is 6.96. The van der Waals surface area contributed by atoms with Crippen molar-refractivity contribution >= 4 is 16.8 Å². The molecule has 3 unspecified atom stereocenters. The van der Waals surface area contributed by atoms with Gasteiger partial charge in [-0.05, 0) is 37.8 Å². The fourth-order valence-electron chi connectivity index (χ4n) is 4.43. The van der Waals surface area contributed by atoms with Crippen molar-refractivity contribution in [3.05, 3.63) is 40.9 Å². The number of aliphatic hydroxyl groups is 1. The van der Waals surface area contributed by atoms with Gasteiger partial charge in [0, 0.05) is 13.7 Å². The molecule has 1 saturated carbocycles. The second-order valence-corrected chi connectivity index (χ2v) is 7.24. The predicted octanol–water partition coefficient (Wildman–Crippen LogP) is 0.927. The van der Waals surface area contributed by atoms with Crippen LogP contribution in [-0.2, 0) is 16.1 Å². The van der Waals surface area contributed by atoms with Crippen LogP contribution in [0.3, 0.4) is 0 Å². The van der Waals surface area contributed by atoms with Crippen LogP contribution in [0.15, 0.2) is 35.4 Å². The molecule has 1 aromatic heterocycles. The number of para-hydroxylation sites is 1. The number of nitrogens with zero attached hydrogens (tertiary/aromatic N) is 3. The lowest BCUT2D eigenvalue weighted by Crippen LogP contribution is -2.53. The molecule has 1 aliphatic heterocycles. The molecule has 1 saturated heterocycles. The highest BCUT2D eigenvalue weighted by atomic mass is 16.5. The van der Waals surface area contributed by atoms with Gasteiger partial charge in [0.2, 0.25) is 5.91 Å². The number of hydrogen-bond donors (Lipinski definition) is 1. The van der Waals surface area contributed by atoms with E-state index in [0.29, 0.717) is 30.3 Å². The quantitative estimate of drug-likeness (QED) is 0.883. The second kappa shape index (κ2) is 6.48. The van der Waals surface area contributed by atoms with Crippen molar-refractivity contribution in [3.8, 4) is 0 Å². The number of hydrogen-bond acceptors (Lipinski definition) is 5. The van der Waals surface area contributed by atoms with Crippen molar-refractivity contribution in [1.82, 2.24) is 14.5 Å². The highest BCUT2D eigenvalue weighted by Crippen LogP contribution is 2.42. The van der Waals surface area contributed by atoms with Gasteiger partial charge in [0.1, 0.15) is 6.54 Å². The third-order valence-electron chi connectivity index (χ3n) is 5.92. The molecule has 1 aromatic carbocycles. The van der Waals surface area contributed by atoms with Crippen molar-refractivity contribution in [1.29, 1.82) is 0 Å². The fourth-order valence-corrected chi connectivity index (χ4v) is 4.43. The number of amides is 1. The van der Waals surface area contributed by atoms with E-state index in [9.17, 15) is 14.7 Å². The minimum Gasteiger partial charge on any atom is -0.393 e. The Bertz CT molecular complexity index is 896. The van der Waals surface area contributed by atoms with Crippen LogP contribution in [0.25, 0.3) is 10.9 Å². The number of carbonyl (C=O) groups excluding carboxylic acids is 1. The number of benzene rings is 1. The van der Waals surface area contributed by atoms with Crippen LogP contribution < -0.4 is 5.56 Å². The minimum absolute atomic E-state index is 0.0525. The predicted molar refractivity (Wildman–Crippen MR) is 95.7 cm³/mol. The Balaban J connectivity index is 1.59. The number of ether oxygens (including phenoxy) is 1. The Kier molecular flexibility index (Phi) is 4.28.